The number of nitrogens with zero attached hydrogens (tertiary/aromatic N) is 1. The number of nitrogens with two attached hydrogens (primary N) is 1. The topological polar surface area (TPSA) is 74.3 Å². The summed E-state index contributed by atoms with van der Waals surface area (Å²) >= 11 is 0. The summed E-state index contributed by atoms with van der Waals surface area (Å²) in [7, 11) is 0. The predicted octanol–water partition coefficient (Wildman–Crippen LogP) is 0.566. The fraction of sp³-hybridized carbons (Fsp3) is 0.429. The van der Waals surface area contributed by atoms with Gasteiger partial charge in [-0.25, -0.2) is 0 Å². The third kappa shape index (κ3) is 1.24. The van der Waals surface area contributed by atoms with Gasteiger partial charge >= 0.3 is 0 Å². The molecule has 0 spiro atoms. The lowest BCUT2D eigenvalue weighted by atomic mass is 10.1. The molecule has 1 heterocycles. The standard InChI is InChI=1S/C7H12N4/c1-3-5-6(4(2)8)7(9)11-10-5/h3,8H2,1-2H3,(H2,9,11)/b6-4+. The molecule has 0 unspecified atom stereocenters. The minimum absolute atomic E-state index is 0.307. The average molecular weight is 152 g/mol. The lowest BCUT2D eigenvalue weighted by molar-refractivity contribution is 1.04. The lowest BCUT2D eigenvalue weighted by Gasteiger charge is -2.00. The van der Waals surface area contributed by atoms with Crippen LogP contribution in [0.3, 0.4) is 0 Å². The predicted molar refractivity (Wildman–Crippen MR) is 45.5 cm³/mol. The maximum Gasteiger partial charge on any atom is 0.149 e. The molecule has 1 rings (SSSR count). The zero-order valence-corrected chi connectivity index (χ0v) is 6.73. The van der Waals surface area contributed by atoms with Crippen LogP contribution in [-0.2, 0) is 0 Å². The fourth-order valence-electron chi connectivity index (χ4n) is 1.06. The van der Waals surface area contributed by atoms with E-state index in [2.05, 4.69) is 10.5 Å². The summed E-state index contributed by atoms with van der Waals surface area (Å²) in [6.45, 7) is 3.77. The second-order valence-corrected chi connectivity index (χ2v) is 2.46. The molecule has 0 aliphatic carbocycles. The first-order valence-corrected chi connectivity index (χ1v) is 3.55. The lowest BCUT2D eigenvalue weighted by Crippen LogP contribution is -2.16. The molecular weight excluding hydrogens is 140 g/mol. The zero-order valence-electron chi connectivity index (χ0n) is 6.73. The van der Waals surface area contributed by atoms with Gasteiger partial charge in [0.05, 0.1) is 11.3 Å². The van der Waals surface area contributed by atoms with Crippen LogP contribution >= 0.6 is 0 Å². The molecule has 0 atom stereocenters. The molecule has 0 fully saturated rings. The van der Waals surface area contributed by atoms with Gasteiger partial charge in [-0.15, -0.1) is 0 Å². The molecule has 0 aromatic rings. The summed E-state index contributed by atoms with van der Waals surface area (Å²) in [5.41, 5.74) is 10.4. The summed E-state index contributed by atoms with van der Waals surface area (Å²) in [5.74, 6) is 0.307. The molecule has 4 nitrogen and oxygen atoms in total. The second-order valence-electron chi connectivity index (χ2n) is 2.46. The van der Waals surface area contributed by atoms with Crippen molar-refractivity contribution in [1.29, 1.82) is 5.41 Å². The van der Waals surface area contributed by atoms with Crippen molar-refractivity contribution in [2.45, 2.75) is 20.3 Å². The summed E-state index contributed by atoms with van der Waals surface area (Å²) in [6, 6.07) is 0. The fourth-order valence-corrected chi connectivity index (χ4v) is 1.06. The molecular formula is C7H12N4. The highest BCUT2D eigenvalue weighted by molar-refractivity contribution is 6.26. The molecule has 0 saturated carbocycles. The van der Waals surface area contributed by atoms with Crippen LogP contribution in [0.15, 0.2) is 16.4 Å². The van der Waals surface area contributed by atoms with E-state index in [0.717, 1.165) is 17.7 Å². The number of nitrogens with one attached hydrogen (secondary N) is 2. The van der Waals surface area contributed by atoms with Crippen LogP contribution in [0.2, 0.25) is 0 Å². The SMILES string of the molecule is CCC1=NNC(=N)/C1=C(\C)N. The van der Waals surface area contributed by atoms with Crippen LogP contribution in [0.25, 0.3) is 0 Å². The number of allylic oxidation sites excluding steroid dienone is 1. The molecule has 11 heavy (non-hydrogen) atoms. The molecule has 60 valence electrons. The average Bonchev–Trinajstić information content (AvgIpc) is 2.30. The molecule has 0 bridgehead atoms. The van der Waals surface area contributed by atoms with Gasteiger partial charge in [-0.1, -0.05) is 6.92 Å². The van der Waals surface area contributed by atoms with E-state index in [-0.39, 0.29) is 0 Å². The normalized spacial score (nSPS) is 21.3. The molecule has 1 aliphatic heterocycles. The van der Waals surface area contributed by atoms with Crippen molar-refractivity contribution in [3.05, 3.63) is 11.3 Å². The van der Waals surface area contributed by atoms with E-state index in [1.165, 1.54) is 0 Å². The molecule has 0 radical (unpaired) electrons. The Morgan fingerprint density at radius 1 is 1.73 bits per heavy atom. The Kier molecular flexibility index (Phi) is 1.94. The molecule has 0 aromatic heterocycles. The van der Waals surface area contributed by atoms with E-state index in [1.807, 2.05) is 6.92 Å². The molecule has 4 heteroatoms. The van der Waals surface area contributed by atoms with Gasteiger partial charge in [0.1, 0.15) is 5.84 Å². The van der Waals surface area contributed by atoms with Crippen molar-refractivity contribution >= 4 is 11.5 Å². The molecule has 0 aromatic carbocycles. The number of rotatable bonds is 1. The van der Waals surface area contributed by atoms with Gasteiger partial charge in [-0.05, 0) is 13.3 Å². The van der Waals surface area contributed by atoms with E-state index in [1.54, 1.807) is 6.92 Å². The Hall–Kier alpha value is -1.32. The van der Waals surface area contributed by atoms with Crippen molar-refractivity contribution < 1.29 is 0 Å². The zero-order chi connectivity index (χ0) is 8.43. The first-order valence-electron chi connectivity index (χ1n) is 3.55. The van der Waals surface area contributed by atoms with Crippen LogP contribution in [-0.4, -0.2) is 11.5 Å². The first kappa shape index (κ1) is 7.78. The third-order valence-electron chi connectivity index (χ3n) is 1.57. The largest absolute Gasteiger partial charge is 0.402 e. The van der Waals surface area contributed by atoms with Crippen LogP contribution in [0, 0.1) is 5.41 Å². The van der Waals surface area contributed by atoms with E-state index < -0.39 is 0 Å². The summed E-state index contributed by atoms with van der Waals surface area (Å²) in [5, 5.41) is 11.3. The van der Waals surface area contributed by atoms with Gasteiger partial charge in [0.15, 0.2) is 0 Å². The van der Waals surface area contributed by atoms with Crippen LogP contribution in [0.5, 0.6) is 0 Å². The van der Waals surface area contributed by atoms with Crippen molar-refractivity contribution in [1.82, 2.24) is 5.43 Å². The number of hydrogen-bond acceptors (Lipinski definition) is 3. The smallest absolute Gasteiger partial charge is 0.149 e. The number of amidine groups is 1. The van der Waals surface area contributed by atoms with Gasteiger partial charge < -0.3 is 5.73 Å². The van der Waals surface area contributed by atoms with E-state index in [4.69, 9.17) is 11.1 Å². The molecule has 4 N–H and O–H groups in total. The number of hydrazone groups is 1. The summed E-state index contributed by atoms with van der Waals surface area (Å²) in [4.78, 5) is 0. The Balaban J connectivity index is 3.02. The Bertz CT molecular complexity index is 245. The Labute approximate surface area is 65.7 Å². The summed E-state index contributed by atoms with van der Waals surface area (Å²) in [6.07, 6.45) is 0.805. The highest BCUT2D eigenvalue weighted by Gasteiger charge is 2.18. The van der Waals surface area contributed by atoms with E-state index in [9.17, 15) is 0 Å². The monoisotopic (exact) mass is 152 g/mol. The van der Waals surface area contributed by atoms with Crippen molar-refractivity contribution in [2.75, 3.05) is 0 Å². The Morgan fingerprint density at radius 3 is 2.73 bits per heavy atom. The Morgan fingerprint density at radius 2 is 2.36 bits per heavy atom. The third-order valence-corrected chi connectivity index (χ3v) is 1.57. The van der Waals surface area contributed by atoms with Gasteiger partial charge in [0.25, 0.3) is 0 Å². The highest BCUT2D eigenvalue weighted by Crippen LogP contribution is 2.10. The van der Waals surface area contributed by atoms with E-state index in [0.29, 0.717) is 11.5 Å². The quantitative estimate of drug-likeness (QED) is 0.513. The first-order chi connectivity index (χ1) is 5.16. The van der Waals surface area contributed by atoms with Crippen LogP contribution in [0.4, 0.5) is 0 Å². The van der Waals surface area contributed by atoms with Gasteiger partial charge in [-0.2, -0.15) is 5.10 Å². The second kappa shape index (κ2) is 2.74. The maximum atomic E-state index is 7.41. The number of hydrogen-bond donors (Lipinski definition) is 3. The highest BCUT2D eigenvalue weighted by atomic mass is 15.3. The maximum absolute atomic E-state index is 7.41. The van der Waals surface area contributed by atoms with Gasteiger partial charge in [0.2, 0.25) is 0 Å². The van der Waals surface area contributed by atoms with Crippen LogP contribution < -0.4 is 11.2 Å². The van der Waals surface area contributed by atoms with Crippen molar-refractivity contribution in [3.63, 3.8) is 0 Å². The van der Waals surface area contributed by atoms with Crippen LogP contribution in [0.1, 0.15) is 20.3 Å². The minimum atomic E-state index is 0.307. The molecule has 0 amide bonds. The van der Waals surface area contributed by atoms with Crippen molar-refractivity contribution in [2.24, 2.45) is 10.8 Å². The van der Waals surface area contributed by atoms with Gasteiger partial charge in [-0.3, -0.25) is 10.8 Å². The molecule has 0 saturated heterocycles. The minimum Gasteiger partial charge on any atom is -0.402 e. The van der Waals surface area contributed by atoms with E-state index >= 15 is 0 Å². The molecule has 1 aliphatic rings. The summed E-state index contributed by atoms with van der Waals surface area (Å²) < 4.78 is 0. The van der Waals surface area contributed by atoms with Crippen molar-refractivity contribution in [3.8, 4) is 0 Å². The van der Waals surface area contributed by atoms with Gasteiger partial charge in [0, 0.05) is 5.70 Å².